The van der Waals surface area contributed by atoms with E-state index in [1.54, 1.807) is 0 Å². The van der Waals surface area contributed by atoms with Crippen LogP contribution in [0.2, 0.25) is 0 Å². The van der Waals surface area contributed by atoms with E-state index < -0.39 is 5.97 Å². The van der Waals surface area contributed by atoms with Crippen molar-refractivity contribution >= 4 is 5.97 Å². The molecule has 0 spiro atoms. The molecule has 0 atom stereocenters. The molecule has 0 saturated heterocycles. The number of carbonyl (C=O) groups excluding carboxylic acids is 1. The molecule has 0 N–H and O–H groups in total. The van der Waals surface area contributed by atoms with Crippen molar-refractivity contribution in [1.82, 2.24) is 0 Å². The second-order valence-electron chi connectivity index (χ2n) is 3.84. The highest BCUT2D eigenvalue weighted by Gasteiger charge is 2.03. The molecule has 0 radical (unpaired) electrons. The van der Waals surface area contributed by atoms with Crippen LogP contribution in [0.15, 0.2) is 30.0 Å². The molecule has 0 fully saturated rings. The van der Waals surface area contributed by atoms with E-state index in [1.165, 1.54) is 13.2 Å². The average molecular weight is 180 g/mol. The first-order chi connectivity index (χ1) is 5.87. The normalized spacial score (nSPS) is 9.85. The van der Waals surface area contributed by atoms with E-state index in [1.807, 2.05) is 6.08 Å². The fraction of sp³-hybridized carbons (Fsp3) is 0.455. The minimum absolute atomic E-state index is 0.0624. The van der Waals surface area contributed by atoms with Gasteiger partial charge in [-0.25, -0.2) is 4.79 Å². The molecule has 0 aromatic carbocycles. The zero-order chi connectivity index (χ0) is 10.5. The van der Waals surface area contributed by atoms with Crippen LogP contribution >= 0.6 is 0 Å². The van der Waals surface area contributed by atoms with Gasteiger partial charge in [-0.15, -0.1) is 5.73 Å². The molecule has 0 amide bonds. The van der Waals surface area contributed by atoms with Gasteiger partial charge in [-0.1, -0.05) is 27.4 Å². The lowest BCUT2D eigenvalue weighted by Gasteiger charge is -2.08. The summed E-state index contributed by atoms with van der Waals surface area (Å²) in [4.78, 5) is 10.9. The second-order valence-corrected chi connectivity index (χ2v) is 3.84. The van der Waals surface area contributed by atoms with Crippen LogP contribution in [0.4, 0.5) is 0 Å². The fourth-order valence-electron chi connectivity index (χ4n) is 0.582. The zero-order valence-electron chi connectivity index (χ0n) is 8.68. The molecule has 2 heteroatoms. The fourth-order valence-corrected chi connectivity index (χ4v) is 0.582. The molecule has 13 heavy (non-hydrogen) atoms. The summed E-state index contributed by atoms with van der Waals surface area (Å²) in [6.45, 7) is 9.68. The number of esters is 1. The van der Waals surface area contributed by atoms with Crippen LogP contribution in [0.25, 0.3) is 0 Å². The van der Waals surface area contributed by atoms with Crippen LogP contribution in [0.1, 0.15) is 20.8 Å². The lowest BCUT2D eigenvalue weighted by atomic mass is 9.97. The summed E-state index contributed by atoms with van der Waals surface area (Å²) in [6.07, 6.45) is 3.40. The Kier molecular flexibility index (Phi) is 4.22. The monoisotopic (exact) mass is 180 g/mol. The third-order valence-corrected chi connectivity index (χ3v) is 1.22. The Morgan fingerprint density at radius 2 is 2.00 bits per heavy atom. The van der Waals surface area contributed by atoms with E-state index in [4.69, 9.17) is 0 Å². The smallest absolute Gasteiger partial charge is 0.337 e. The van der Waals surface area contributed by atoms with Crippen molar-refractivity contribution in [3.63, 3.8) is 0 Å². The molecule has 0 aromatic heterocycles. The van der Waals surface area contributed by atoms with Crippen LogP contribution in [0.5, 0.6) is 0 Å². The van der Waals surface area contributed by atoms with Gasteiger partial charge < -0.3 is 4.74 Å². The molecule has 2 nitrogen and oxygen atoms in total. The molecule has 0 bridgehead atoms. The van der Waals surface area contributed by atoms with Gasteiger partial charge in [0.15, 0.2) is 0 Å². The van der Waals surface area contributed by atoms with Crippen LogP contribution in [-0.2, 0) is 9.53 Å². The van der Waals surface area contributed by atoms with E-state index >= 15 is 0 Å². The standard InChI is InChI=1S/C11H16O2/c1-9(10(12)13-5)7-6-8-11(2,3)4/h7-8H,1H2,2-5H3. The first kappa shape index (κ1) is 11.7. The number of hydrogen-bond donors (Lipinski definition) is 0. The predicted octanol–water partition coefficient (Wildman–Crippen LogP) is 2.47. The summed E-state index contributed by atoms with van der Waals surface area (Å²) in [5.41, 5.74) is 3.26. The van der Waals surface area contributed by atoms with Crippen LogP contribution < -0.4 is 0 Å². The summed E-state index contributed by atoms with van der Waals surface area (Å²) >= 11 is 0. The zero-order valence-corrected chi connectivity index (χ0v) is 8.68. The van der Waals surface area contributed by atoms with Crippen molar-refractivity contribution in [2.24, 2.45) is 5.41 Å². The molecule has 0 aliphatic carbocycles. The van der Waals surface area contributed by atoms with Crippen LogP contribution in [0.3, 0.4) is 0 Å². The number of hydrogen-bond acceptors (Lipinski definition) is 2. The number of rotatable bonds is 2. The Balaban J connectivity index is 4.37. The third-order valence-electron chi connectivity index (χ3n) is 1.22. The maximum Gasteiger partial charge on any atom is 0.337 e. The van der Waals surface area contributed by atoms with Crippen molar-refractivity contribution in [1.29, 1.82) is 0 Å². The maximum atomic E-state index is 10.9. The third kappa shape index (κ3) is 5.94. The highest BCUT2D eigenvalue weighted by atomic mass is 16.5. The highest BCUT2D eigenvalue weighted by molar-refractivity contribution is 5.90. The maximum absolute atomic E-state index is 10.9. The molecule has 0 unspecified atom stereocenters. The van der Waals surface area contributed by atoms with Crippen molar-refractivity contribution < 1.29 is 9.53 Å². The van der Waals surface area contributed by atoms with Gasteiger partial charge in [-0.05, 0) is 17.6 Å². The molecule has 0 rings (SSSR count). The van der Waals surface area contributed by atoms with Crippen LogP contribution in [0, 0.1) is 5.41 Å². The minimum atomic E-state index is -0.421. The van der Waals surface area contributed by atoms with Crippen LogP contribution in [-0.4, -0.2) is 13.1 Å². The quantitative estimate of drug-likeness (QED) is 0.282. The van der Waals surface area contributed by atoms with Crippen molar-refractivity contribution in [3.8, 4) is 0 Å². The van der Waals surface area contributed by atoms with Gasteiger partial charge in [0.25, 0.3) is 0 Å². The average Bonchev–Trinajstić information content (AvgIpc) is 2.00. The van der Waals surface area contributed by atoms with Crippen molar-refractivity contribution in [2.75, 3.05) is 7.11 Å². The Hall–Kier alpha value is -1.27. The van der Waals surface area contributed by atoms with Crippen molar-refractivity contribution in [2.45, 2.75) is 20.8 Å². The van der Waals surface area contributed by atoms with E-state index in [-0.39, 0.29) is 5.41 Å². The van der Waals surface area contributed by atoms with Gasteiger partial charge >= 0.3 is 5.97 Å². The lowest BCUT2D eigenvalue weighted by Crippen LogP contribution is -2.01. The van der Waals surface area contributed by atoms with Gasteiger partial charge in [0, 0.05) is 0 Å². The SMILES string of the molecule is C=C(C=C=CC(C)(C)C)C(=O)OC. The van der Waals surface area contributed by atoms with Gasteiger partial charge in [-0.3, -0.25) is 0 Å². The lowest BCUT2D eigenvalue weighted by molar-refractivity contribution is -0.135. The molecule has 72 valence electrons. The van der Waals surface area contributed by atoms with Gasteiger partial charge in [0.2, 0.25) is 0 Å². The van der Waals surface area contributed by atoms with E-state index in [0.29, 0.717) is 5.57 Å². The van der Waals surface area contributed by atoms with Crippen molar-refractivity contribution in [3.05, 3.63) is 30.0 Å². The first-order valence-electron chi connectivity index (χ1n) is 4.07. The molecule has 0 aliphatic rings. The molecular formula is C11H16O2. The summed E-state index contributed by atoms with van der Waals surface area (Å²) in [6, 6.07) is 0. The van der Waals surface area contributed by atoms with E-state index in [0.717, 1.165) is 0 Å². The largest absolute Gasteiger partial charge is 0.465 e. The second kappa shape index (κ2) is 4.68. The Morgan fingerprint density at radius 1 is 1.46 bits per heavy atom. The minimum Gasteiger partial charge on any atom is -0.465 e. The summed E-state index contributed by atoms with van der Waals surface area (Å²) < 4.78 is 4.47. The number of carbonyl (C=O) groups is 1. The molecule has 0 heterocycles. The van der Waals surface area contributed by atoms with Gasteiger partial charge in [0.05, 0.1) is 12.7 Å². The number of ether oxygens (including phenoxy) is 1. The topological polar surface area (TPSA) is 26.3 Å². The summed E-state index contributed by atoms with van der Waals surface area (Å²) in [5.74, 6) is -0.421. The molecule has 0 aromatic rings. The number of methoxy groups -OCH3 is 1. The predicted molar refractivity (Wildman–Crippen MR) is 53.3 cm³/mol. The van der Waals surface area contributed by atoms with E-state index in [2.05, 4.69) is 37.8 Å². The molecular weight excluding hydrogens is 164 g/mol. The first-order valence-corrected chi connectivity index (χ1v) is 4.07. The molecule has 0 saturated carbocycles. The molecule has 0 aliphatic heterocycles. The van der Waals surface area contributed by atoms with Gasteiger partial charge in [0.1, 0.15) is 0 Å². The summed E-state index contributed by atoms with van der Waals surface area (Å²) in [7, 11) is 1.33. The highest BCUT2D eigenvalue weighted by Crippen LogP contribution is 2.13. The van der Waals surface area contributed by atoms with E-state index in [9.17, 15) is 4.79 Å². The van der Waals surface area contributed by atoms with Gasteiger partial charge in [-0.2, -0.15) is 0 Å². The Labute approximate surface area is 79.6 Å². The Bertz CT molecular complexity index is 260. The Morgan fingerprint density at radius 3 is 2.38 bits per heavy atom. The summed E-state index contributed by atoms with van der Waals surface area (Å²) in [5, 5.41) is 0.